The number of hydrogen-bond acceptors (Lipinski definition) is 3. The highest BCUT2D eigenvalue weighted by Gasteiger charge is 2.23. The average Bonchev–Trinajstić information content (AvgIpc) is 2.35. The first-order chi connectivity index (χ1) is 9.64. The van der Waals surface area contributed by atoms with Gasteiger partial charge in [-0.05, 0) is 23.1 Å². The van der Waals surface area contributed by atoms with Gasteiger partial charge in [-0.2, -0.15) is 0 Å². The van der Waals surface area contributed by atoms with E-state index in [9.17, 15) is 8.42 Å². The Bertz CT molecular complexity index is 530. The molecule has 0 aliphatic rings. The molecule has 0 fully saturated rings. The molecule has 0 aromatic heterocycles. The first-order valence-electron chi connectivity index (χ1n) is 7.36. The molecule has 0 spiro atoms. The lowest BCUT2D eigenvalue weighted by molar-refractivity contribution is 0.310. The van der Waals surface area contributed by atoms with Gasteiger partial charge in [-0.25, -0.2) is 12.7 Å². The van der Waals surface area contributed by atoms with Gasteiger partial charge < -0.3 is 5.32 Å². The van der Waals surface area contributed by atoms with Crippen molar-refractivity contribution >= 4 is 10.0 Å². The van der Waals surface area contributed by atoms with Crippen LogP contribution < -0.4 is 5.32 Å². The number of rotatable bonds is 7. The SMILES string of the molecule is CCNCc1ccc(CS(=O)(=O)N(C)CC(C)(C)C)cc1. The number of sulfonamides is 1. The van der Waals surface area contributed by atoms with E-state index in [0.29, 0.717) is 6.54 Å². The number of nitrogens with one attached hydrogen (secondary N) is 1. The summed E-state index contributed by atoms with van der Waals surface area (Å²) >= 11 is 0. The Balaban J connectivity index is 2.71. The summed E-state index contributed by atoms with van der Waals surface area (Å²) in [6.45, 7) is 10.4. The van der Waals surface area contributed by atoms with E-state index in [2.05, 4.69) is 12.2 Å². The summed E-state index contributed by atoms with van der Waals surface area (Å²) < 4.78 is 26.2. The standard InChI is InChI=1S/C16H28N2O2S/c1-6-17-11-14-7-9-15(10-8-14)12-21(19,20)18(5)13-16(2,3)4/h7-10,17H,6,11-13H2,1-5H3. The van der Waals surface area contributed by atoms with Gasteiger partial charge in [-0.1, -0.05) is 52.0 Å². The Morgan fingerprint density at radius 3 is 2.10 bits per heavy atom. The monoisotopic (exact) mass is 312 g/mol. The molecule has 0 radical (unpaired) electrons. The topological polar surface area (TPSA) is 49.4 Å². The van der Waals surface area contributed by atoms with Crippen molar-refractivity contribution in [2.75, 3.05) is 20.1 Å². The van der Waals surface area contributed by atoms with Gasteiger partial charge >= 0.3 is 0 Å². The molecule has 0 heterocycles. The van der Waals surface area contributed by atoms with Crippen molar-refractivity contribution in [3.8, 4) is 0 Å². The molecule has 1 aromatic carbocycles. The van der Waals surface area contributed by atoms with Crippen LogP contribution in [0.1, 0.15) is 38.8 Å². The van der Waals surface area contributed by atoms with Gasteiger partial charge in [0.2, 0.25) is 10.0 Å². The molecule has 0 atom stereocenters. The predicted octanol–water partition coefficient (Wildman–Crippen LogP) is 2.60. The van der Waals surface area contributed by atoms with Crippen molar-refractivity contribution in [3.63, 3.8) is 0 Å². The lowest BCUT2D eigenvalue weighted by atomic mass is 9.97. The van der Waals surface area contributed by atoms with Gasteiger partial charge in [-0.3, -0.25) is 0 Å². The molecule has 120 valence electrons. The lowest BCUT2D eigenvalue weighted by Crippen LogP contribution is -2.35. The minimum atomic E-state index is -3.26. The fourth-order valence-corrected chi connectivity index (χ4v) is 3.53. The Morgan fingerprint density at radius 2 is 1.62 bits per heavy atom. The summed E-state index contributed by atoms with van der Waals surface area (Å²) in [7, 11) is -1.61. The van der Waals surface area contributed by atoms with Crippen LogP contribution >= 0.6 is 0 Å². The van der Waals surface area contributed by atoms with Crippen LogP contribution in [0.4, 0.5) is 0 Å². The van der Waals surface area contributed by atoms with Crippen molar-refractivity contribution in [2.24, 2.45) is 5.41 Å². The van der Waals surface area contributed by atoms with Crippen molar-refractivity contribution in [3.05, 3.63) is 35.4 Å². The second-order valence-corrected chi connectivity index (χ2v) is 8.75. The third-order valence-corrected chi connectivity index (χ3v) is 4.90. The zero-order chi connectivity index (χ0) is 16.1. The highest BCUT2D eigenvalue weighted by molar-refractivity contribution is 7.88. The van der Waals surface area contributed by atoms with Crippen LogP contribution in [0.2, 0.25) is 0 Å². The van der Waals surface area contributed by atoms with Gasteiger partial charge in [0.25, 0.3) is 0 Å². The second-order valence-electron chi connectivity index (χ2n) is 6.67. The van der Waals surface area contributed by atoms with E-state index in [1.807, 2.05) is 45.0 Å². The molecule has 0 amide bonds. The van der Waals surface area contributed by atoms with Gasteiger partial charge in [0.15, 0.2) is 0 Å². The third-order valence-electron chi connectivity index (χ3n) is 3.12. The summed E-state index contributed by atoms with van der Waals surface area (Å²) in [5.41, 5.74) is 1.95. The summed E-state index contributed by atoms with van der Waals surface area (Å²) in [6.07, 6.45) is 0. The van der Waals surface area contributed by atoms with Crippen molar-refractivity contribution in [1.82, 2.24) is 9.62 Å². The molecular weight excluding hydrogens is 284 g/mol. The molecule has 0 unspecified atom stereocenters. The summed E-state index contributed by atoms with van der Waals surface area (Å²) in [5.74, 6) is 0.0566. The average molecular weight is 312 g/mol. The summed E-state index contributed by atoms with van der Waals surface area (Å²) in [6, 6.07) is 7.76. The van der Waals surface area contributed by atoms with E-state index < -0.39 is 10.0 Å². The molecule has 0 aliphatic heterocycles. The van der Waals surface area contributed by atoms with Crippen LogP contribution in [0.3, 0.4) is 0 Å². The number of nitrogens with zero attached hydrogens (tertiary/aromatic N) is 1. The van der Waals surface area contributed by atoms with Gasteiger partial charge in [0.1, 0.15) is 0 Å². The number of hydrogen-bond donors (Lipinski definition) is 1. The summed E-state index contributed by atoms with van der Waals surface area (Å²) in [4.78, 5) is 0. The predicted molar refractivity (Wildman–Crippen MR) is 88.5 cm³/mol. The van der Waals surface area contributed by atoms with Crippen LogP contribution in [0.25, 0.3) is 0 Å². The first-order valence-corrected chi connectivity index (χ1v) is 8.97. The Hall–Kier alpha value is -0.910. The highest BCUT2D eigenvalue weighted by Crippen LogP contribution is 2.18. The van der Waals surface area contributed by atoms with Crippen LogP contribution in [-0.4, -0.2) is 32.9 Å². The molecule has 1 aromatic rings. The van der Waals surface area contributed by atoms with Gasteiger partial charge in [0.05, 0.1) is 5.75 Å². The minimum Gasteiger partial charge on any atom is -0.313 e. The molecule has 0 saturated heterocycles. The van der Waals surface area contributed by atoms with Gasteiger partial charge in [0, 0.05) is 20.1 Å². The maximum Gasteiger partial charge on any atom is 0.218 e. The molecule has 4 nitrogen and oxygen atoms in total. The molecular formula is C16H28N2O2S. The van der Waals surface area contributed by atoms with Gasteiger partial charge in [-0.15, -0.1) is 0 Å². The second kappa shape index (κ2) is 7.38. The Morgan fingerprint density at radius 1 is 1.10 bits per heavy atom. The maximum atomic E-state index is 12.3. The van der Waals surface area contributed by atoms with Crippen molar-refractivity contribution < 1.29 is 8.42 Å². The normalized spacial score (nSPS) is 12.9. The molecule has 0 saturated carbocycles. The van der Waals surface area contributed by atoms with E-state index in [0.717, 1.165) is 18.7 Å². The first kappa shape index (κ1) is 18.1. The molecule has 1 N–H and O–H groups in total. The van der Waals surface area contributed by atoms with E-state index in [1.165, 1.54) is 9.87 Å². The minimum absolute atomic E-state index is 0.0441. The Labute approximate surface area is 129 Å². The van der Waals surface area contributed by atoms with E-state index >= 15 is 0 Å². The number of benzene rings is 1. The zero-order valence-electron chi connectivity index (χ0n) is 13.8. The van der Waals surface area contributed by atoms with Crippen molar-refractivity contribution in [1.29, 1.82) is 0 Å². The van der Waals surface area contributed by atoms with E-state index in [4.69, 9.17) is 0 Å². The largest absolute Gasteiger partial charge is 0.313 e. The fourth-order valence-electron chi connectivity index (χ4n) is 2.11. The Kier molecular flexibility index (Phi) is 6.38. The molecule has 1 rings (SSSR count). The van der Waals surface area contributed by atoms with E-state index in [1.54, 1.807) is 7.05 Å². The third kappa shape index (κ3) is 6.59. The van der Waals surface area contributed by atoms with Crippen molar-refractivity contribution in [2.45, 2.75) is 40.0 Å². The van der Waals surface area contributed by atoms with E-state index in [-0.39, 0.29) is 11.2 Å². The lowest BCUT2D eigenvalue weighted by Gasteiger charge is -2.26. The maximum absolute atomic E-state index is 12.3. The highest BCUT2D eigenvalue weighted by atomic mass is 32.2. The quantitative estimate of drug-likeness (QED) is 0.842. The van der Waals surface area contributed by atoms with Crippen LogP contribution in [0.15, 0.2) is 24.3 Å². The smallest absolute Gasteiger partial charge is 0.218 e. The van der Waals surface area contributed by atoms with Crippen LogP contribution in [0.5, 0.6) is 0 Å². The van der Waals surface area contributed by atoms with Crippen LogP contribution in [0, 0.1) is 5.41 Å². The molecule has 5 heteroatoms. The van der Waals surface area contributed by atoms with Crippen LogP contribution in [-0.2, 0) is 22.3 Å². The fraction of sp³-hybridized carbons (Fsp3) is 0.625. The molecule has 21 heavy (non-hydrogen) atoms. The summed E-state index contributed by atoms with van der Waals surface area (Å²) in [5, 5.41) is 3.25. The zero-order valence-corrected chi connectivity index (χ0v) is 14.6. The molecule has 0 bridgehead atoms. The molecule has 0 aliphatic carbocycles.